The largest absolute Gasteiger partial charge is 0.385 e. The van der Waals surface area contributed by atoms with Crippen LogP contribution in [0.2, 0.25) is 0 Å². The normalized spacial score (nSPS) is 27.4. The van der Waals surface area contributed by atoms with E-state index in [2.05, 4.69) is 51.5 Å². The van der Waals surface area contributed by atoms with Gasteiger partial charge in [-0.3, -0.25) is 9.80 Å². The molecule has 0 aliphatic carbocycles. The molecule has 0 bridgehead atoms. The average Bonchev–Trinajstić information content (AvgIpc) is 2.82. The molecular formula is C19H29N3O2. The van der Waals surface area contributed by atoms with Crippen LogP contribution in [0.25, 0.3) is 6.08 Å². The Balaban J connectivity index is 1.40. The molecule has 5 nitrogen and oxygen atoms in total. The van der Waals surface area contributed by atoms with Gasteiger partial charge in [0.15, 0.2) is 0 Å². The van der Waals surface area contributed by atoms with Gasteiger partial charge in [0.1, 0.15) is 5.60 Å². The SMILES string of the molecule is OC1(CN2CCN(C/C=C/c3ccccc3)CC2)CNCCOC1. The van der Waals surface area contributed by atoms with Crippen molar-refractivity contribution in [1.82, 2.24) is 15.1 Å². The van der Waals surface area contributed by atoms with Crippen LogP contribution in [0.1, 0.15) is 5.56 Å². The molecule has 0 saturated carbocycles. The molecule has 2 N–H and O–H groups in total. The Morgan fingerprint density at radius 1 is 1.12 bits per heavy atom. The number of hydrogen-bond donors (Lipinski definition) is 2. The maximum absolute atomic E-state index is 10.7. The molecule has 0 amide bonds. The molecule has 24 heavy (non-hydrogen) atoms. The van der Waals surface area contributed by atoms with Gasteiger partial charge < -0.3 is 15.2 Å². The topological polar surface area (TPSA) is 48.0 Å². The standard InChI is InChI=1S/C19H29N3O2/c23-19(15-20-8-14-24-17-19)16-22-12-10-21(11-13-22)9-4-7-18-5-2-1-3-6-18/h1-7,20,23H,8-17H2/b7-4+. The van der Waals surface area contributed by atoms with Gasteiger partial charge in [-0.05, 0) is 5.56 Å². The fourth-order valence-corrected chi connectivity index (χ4v) is 3.33. The van der Waals surface area contributed by atoms with E-state index in [1.807, 2.05) is 6.07 Å². The minimum atomic E-state index is -0.758. The number of β-amino-alcohol motifs (C(OH)–C–C–N with tert-alkyl or cyclic N) is 1. The first-order valence-corrected chi connectivity index (χ1v) is 8.91. The lowest BCUT2D eigenvalue weighted by Crippen LogP contribution is -2.56. The molecule has 1 aromatic carbocycles. The predicted molar refractivity (Wildman–Crippen MR) is 97.0 cm³/mol. The van der Waals surface area contributed by atoms with Gasteiger partial charge >= 0.3 is 0 Å². The number of hydrogen-bond acceptors (Lipinski definition) is 5. The summed E-state index contributed by atoms with van der Waals surface area (Å²) in [7, 11) is 0. The summed E-state index contributed by atoms with van der Waals surface area (Å²) in [4.78, 5) is 4.82. The van der Waals surface area contributed by atoms with Crippen molar-refractivity contribution in [3.63, 3.8) is 0 Å². The zero-order valence-electron chi connectivity index (χ0n) is 14.4. The smallest absolute Gasteiger partial charge is 0.113 e. The van der Waals surface area contributed by atoms with Crippen LogP contribution < -0.4 is 5.32 Å². The highest BCUT2D eigenvalue weighted by Crippen LogP contribution is 2.12. The summed E-state index contributed by atoms with van der Waals surface area (Å²) >= 11 is 0. The highest BCUT2D eigenvalue weighted by atomic mass is 16.5. The number of rotatable bonds is 5. The second kappa shape index (κ2) is 8.74. The predicted octanol–water partition coefficient (Wildman–Crippen LogP) is 0.668. The number of piperazine rings is 1. The zero-order chi connectivity index (χ0) is 16.7. The molecule has 1 aromatic rings. The summed E-state index contributed by atoms with van der Waals surface area (Å²) in [5, 5.41) is 13.9. The van der Waals surface area contributed by atoms with Gasteiger partial charge in [-0.2, -0.15) is 0 Å². The summed E-state index contributed by atoms with van der Waals surface area (Å²) in [5.41, 5.74) is 0.491. The van der Waals surface area contributed by atoms with E-state index in [9.17, 15) is 5.11 Å². The summed E-state index contributed by atoms with van der Waals surface area (Å²) in [6.45, 7) is 8.32. The summed E-state index contributed by atoms with van der Waals surface area (Å²) in [6, 6.07) is 10.4. The van der Waals surface area contributed by atoms with E-state index in [0.717, 1.165) is 39.3 Å². The van der Waals surface area contributed by atoms with Gasteiger partial charge in [0.05, 0.1) is 13.2 Å². The third-order valence-electron chi connectivity index (χ3n) is 4.70. The van der Waals surface area contributed by atoms with Crippen LogP contribution in [0.5, 0.6) is 0 Å². The number of ether oxygens (including phenoxy) is 1. The monoisotopic (exact) mass is 331 g/mol. The average molecular weight is 331 g/mol. The number of nitrogens with zero attached hydrogens (tertiary/aromatic N) is 2. The van der Waals surface area contributed by atoms with Gasteiger partial charge in [-0.1, -0.05) is 42.5 Å². The minimum Gasteiger partial charge on any atom is -0.385 e. The third-order valence-corrected chi connectivity index (χ3v) is 4.70. The lowest BCUT2D eigenvalue weighted by atomic mass is 10.0. The second-order valence-corrected chi connectivity index (χ2v) is 6.84. The van der Waals surface area contributed by atoms with Crippen LogP contribution in [-0.4, -0.2) is 86.1 Å². The Bertz CT molecular complexity index is 505. The highest BCUT2D eigenvalue weighted by molar-refractivity contribution is 5.48. The zero-order valence-corrected chi connectivity index (χ0v) is 14.4. The van der Waals surface area contributed by atoms with Crippen molar-refractivity contribution in [2.45, 2.75) is 5.60 Å². The molecule has 132 valence electrons. The first kappa shape index (κ1) is 17.6. The van der Waals surface area contributed by atoms with Crippen LogP contribution in [0, 0.1) is 0 Å². The Kier molecular flexibility index (Phi) is 6.40. The van der Waals surface area contributed by atoms with E-state index in [1.54, 1.807) is 0 Å². The first-order valence-electron chi connectivity index (χ1n) is 8.91. The molecule has 2 fully saturated rings. The van der Waals surface area contributed by atoms with Crippen LogP contribution in [0.15, 0.2) is 36.4 Å². The lowest BCUT2D eigenvalue weighted by molar-refractivity contribution is -0.0547. The molecule has 5 heteroatoms. The Hall–Kier alpha value is -1.24. The molecule has 1 unspecified atom stereocenters. The molecule has 2 aliphatic rings. The van der Waals surface area contributed by atoms with E-state index in [1.165, 1.54) is 5.56 Å². The van der Waals surface area contributed by atoms with Crippen molar-refractivity contribution in [1.29, 1.82) is 0 Å². The maximum Gasteiger partial charge on any atom is 0.113 e. The maximum atomic E-state index is 10.7. The summed E-state index contributed by atoms with van der Waals surface area (Å²) < 4.78 is 5.51. The Labute approximate surface area is 144 Å². The molecular weight excluding hydrogens is 302 g/mol. The van der Waals surface area contributed by atoms with E-state index in [4.69, 9.17) is 4.74 Å². The molecule has 3 rings (SSSR count). The van der Waals surface area contributed by atoms with Crippen molar-refractivity contribution in [2.24, 2.45) is 0 Å². The van der Waals surface area contributed by atoms with Crippen LogP contribution in [0.3, 0.4) is 0 Å². The first-order chi connectivity index (χ1) is 11.7. The van der Waals surface area contributed by atoms with Crippen LogP contribution >= 0.6 is 0 Å². The third kappa shape index (κ3) is 5.40. The van der Waals surface area contributed by atoms with E-state index in [-0.39, 0.29) is 0 Å². The molecule has 0 aromatic heterocycles. The van der Waals surface area contributed by atoms with E-state index in [0.29, 0.717) is 26.3 Å². The van der Waals surface area contributed by atoms with Gasteiger partial charge in [0.2, 0.25) is 0 Å². The van der Waals surface area contributed by atoms with E-state index >= 15 is 0 Å². The summed E-state index contributed by atoms with van der Waals surface area (Å²) in [5.74, 6) is 0. The summed E-state index contributed by atoms with van der Waals surface area (Å²) in [6.07, 6.45) is 4.42. The molecule has 1 atom stereocenters. The van der Waals surface area contributed by atoms with Crippen molar-refractivity contribution in [2.75, 3.05) is 65.6 Å². The Morgan fingerprint density at radius 2 is 1.88 bits per heavy atom. The van der Waals surface area contributed by atoms with Gasteiger partial charge in [0, 0.05) is 52.4 Å². The fourth-order valence-electron chi connectivity index (χ4n) is 3.33. The number of benzene rings is 1. The quantitative estimate of drug-likeness (QED) is 0.830. The van der Waals surface area contributed by atoms with Crippen LogP contribution in [0.4, 0.5) is 0 Å². The molecule has 2 saturated heterocycles. The van der Waals surface area contributed by atoms with Gasteiger partial charge in [-0.15, -0.1) is 0 Å². The molecule has 0 radical (unpaired) electrons. The second-order valence-electron chi connectivity index (χ2n) is 6.84. The lowest BCUT2D eigenvalue weighted by Gasteiger charge is -2.38. The van der Waals surface area contributed by atoms with Crippen molar-refractivity contribution in [3.8, 4) is 0 Å². The van der Waals surface area contributed by atoms with Crippen molar-refractivity contribution in [3.05, 3.63) is 42.0 Å². The highest BCUT2D eigenvalue weighted by Gasteiger charge is 2.32. The van der Waals surface area contributed by atoms with Crippen molar-refractivity contribution >= 4 is 6.08 Å². The van der Waals surface area contributed by atoms with Crippen molar-refractivity contribution < 1.29 is 9.84 Å². The van der Waals surface area contributed by atoms with Gasteiger partial charge in [0.25, 0.3) is 0 Å². The fraction of sp³-hybridized carbons (Fsp3) is 0.579. The number of nitrogens with one attached hydrogen (secondary N) is 1. The minimum absolute atomic E-state index is 0.431. The molecule has 0 spiro atoms. The van der Waals surface area contributed by atoms with Gasteiger partial charge in [-0.25, -0.2) is 0 Å². The van der Waals surface area contributed by atoms with E-state index < -0.39 is 5.60 Å². The number of aliphatic hydroxyl groups is 1. The van der Waals surface area contributed by atoms with Crippen LogP contribution in [-0.2, 0) is 4.74 Å². The molecule has 2 aliphatic heterocycles. The Morgan fingerprint density at radius 3 is 2.67 bits per heavy atom. The molecule has 2 heterocycles.